The van der Waals surface area contributed by atoms with E-state index >= 15 is 0 Å². The quantitative estimate of drug-likeness (QED) is 0.603. The van der Waals surface area contributed by atoms with Gasteiger partial charge in [-0.25, -0.2) is 4.98 Å². The number of carbonyl (C=O) groups excluding carboxylic acids is 1. The van der Waals surface area contributed by atoms with Crippen LogP contribution in [-0.4, -0.2) is 38.5 Å². The van der Waals surface area contributed by atoms with Crippen LogP contribution in [0.4, 0.5) is 0 Å². The molecule has 1 aromatic carbocycles. The lowest BCUT2D eigenvalue weighted by molar-refractivity contribution is -0.139. The van der Waals surface area contributed by atoms with E-state index in [4.69, 9.17) is 23.2 Å². The van der Waals surface area contributed by atoms with Gasteiger partial charge < -0.3 is 9.67 Å². The Bertz CT molecular complexity index is 836. The van der Waals surface area contributed by atoms with Gasteiger partial charge in [-0.05, 0) is 37.0 Å². The molecule has 2 atom stereocenters. The normalized spacial score (nSPS) is 13.5. The fraction of sp³-hybridized carbons (Fsp3) is 0.450. The number of carbonyl (C=O) groups is 2. The molecular weight excluding hydrogens is 401 g/mol. The lowest BCUT2D eigenvalue weighted by Gasteiger charge is -2.23. The molecule has 6 nitrogen and oxygen atoms in total. The minimum Gasteiger partial charge on any atom is -0.480 e. The van der Waals surface area contributed by atoms with Crippen molar-refractivity contribution in [2.75, 3.05) is 0 Å². The zero-order chi connectivity index (χ0) is 20.8. The molecule has 2 rings (SSSR count). The summed E-state index contributed by atoms with van der Waals surface area (Å²) in [5.74, 6) is -0.794. The van der Waals surface area contributed by atoms with Crippen LogP contribution in [0.15, 0.2) is 30.7 Å². The predicted octanol–water partition coefficient (Wildman–Crippen LogP) is 3.83. The number of imidazole rings is 1. The second-order valence-corrected chi connectivity index (χ2v) is 8.13. The van der Waals surface area contributed by atoms with Crippen LogP contribution in [-0.2, 0) is 22.6 Å². The van der Waals surface area contributed by atoms with E-state index in [1.54, 1.807) is 24.7 Å². The van der Waals surface area contributed by atoms with Crippen molar-refractivity contribution < 1.29 is 14.7 Å². The highest BCUT2D eigenvalue weighted by Crippen LogP contribution is 2.23. The number of aliphatic carboxylic acids is 1. The molecule has 0 spiro atoms. The minimum atomic E-state index is -1.00. The van der Waals surface area contributed by atoms with Gasteiger partial charge in [-0.3, -0.25) is 14.9 Å². The van der Waals surface area contributed by atoms with Crippen LogP contribution in [0.1, 0.15) is 38.4 Å². The summed E-state index contributed by atoms with van der Waals surface area (Å²) in [5.41, 5.74) is 1.67. The molecule has 1 unspecified atom stereocenters. The SMILES string of the molecule is CC(=O)C(CC(C)C)N[C@@H](Cc1cncn1Cc1ccc(Cl)c(Cl)c1)C(=O)O. The van der Waals surface area contributed by atoms with Gasteiger partial charge in [-0.1, -0.05) is 43.1 Å². The van der Waals surface area contributed by atoms with Crippen LogP contribution >= 0.6 is 23.2 Å². The Labute approximate surface area is 174 Å². The molecule has 2 aromatic rings. The molecule has 152 valence electrons. The Morgan fingerprint density at radius 3 is 2.50 bits per heavy atom. The maximum atomic E-state index is 11.9. The molecule has 0 radical (unpaired) electrons. The molecule has 0 fully saturated rings. The molecule has 1 aromatic heterocycles. The Hall–Kier alpha value is -1.89. The number of hydrogen-bond acceptors (Lipinski definition) is 4. The first kappa shape index (κ1) is 22.4. The number of benzene rings is 1. The average Bonchev–Trinajstić information content (AvgIpc) is 3.03. The van der Waals surface area contributed by atoms with Crippen LogP contribution in [0.3, 0.4) is 0 Å². The number of Topliss-reactive ketones (excluding diaryl/α,β-unsaturated/α-hetero) is 1. The van der Waals surface area contributed by atoms with E-state index in [0.29, 0.717) is 23.0 Å². The number of carboxylic acids is 1. The standard InChI is InChI=1S/C20H25Cl2N3O3/c1-12(2)6-18(13(3)26)24-19(20(27)28)8-15-9-23-11-25(15)10-14-4-5-16(21)17(22)7-14/h4-5,7,9,11-12,18-19,24H,6,8,10H2,1-3H3,(H,27,28)/t18?,19-/m0/s1. The first-order valence-electron chi connectivity index (χ1n) is 9.09. The second-order valence-electron chi connectivity index (χ2n) is 7.32. The number of aromatic nitrogens is 2. The maximum absolute atomic E-state index is 11.9. The highest BCUT2D eigenvalue weighted by molar-refractivity contribution is 6.42. The zero-order valence-corrected chi connectivity index (χ0v) is 17.7. The van der Waals surface area contributed by atoms with Crippen molar-refractivity contribution in [3.05, 3.63) is 52.0 Å². The summed E-state index contributed by atoms with van der Waals surface area (Å²) < 4.78 is 1.86. The lowest BCUT2D eigenvalue weighted by Crippen LogP contribution is -2.48. The third-order valence-corrected chi connectivity index (χ3v) is 5.19. The number of ketones is 1. The summed E-state index contributed by atoms with van der Waals surface area (Å²) in [6, 6.07) is 3.97. The summed E-state index contributed by atoms with van der Waals surface area (Å²) in [6.07, 6.45) is 4.08. The fourth-order valence-electron chi connectivity index (χ4n) is 2.99. The molecule has 28 heavy (non-hydrogen) atoms. The Morgan fingerprint density at radius 1 is 1.21 bits per heavy atom. The van der Waals surface area contributed by atoms with Gasteiger partial charge in [-0.15, -0.1) is 0 Å². The van der Waals surface area contributed by atoms with Gasteiger partial charge in [0.2, 0.25) is 0 Å². The number of halogens is 2. The Morgan fingerprint density at radius 2 is 1.93 bits per heavy atom. The van der Waals surface area contributed by atoms with E-state index < -0.39 is 18.1 Å². The highest BCUT2D eigenvalue weighted by Gasteiger charge is 2.26. The van der Waals surface area contributed by atoms with Gasteiger partial charge in [-0.2, -0.15) is 0 Å². The first-order valence-corrected chi connectivity index (χ1v) is 9.85. The van der Waals surface area contributed by atoms with Gasteiger partial charge in [0.25, 0.3) is 0 Å². The fourth-order valence-corrected chi connectivity index (χ4v) is 3.31. The van der Waals surface area contributed by atoms with Gasteiger partial charge >= 0.3 is 5.97 Å². The third kappa shape index (κ3) is 6.33. The topological polar surface area (TPSA) is 84.2 Å². The van der Waals surface area contributed by atoms with E-state index in [0.717, 1.165) is 11.3 Å². The van der Waals surface area contributed by atoms with Crippen molar-refractivity contribution in [1.29, 1.82) is 0 Å². The zero-order valence-electron chi connectivity index (χ0n) is 16.2. The molecule has 0 amide bonds. The Kier molecular flexibility index (Phi) is 8.04. The number of rotatable bonds is 10. The van der Waals surface area contributed by atoms with E-state index in [2.05, 4.69) is 10.3 Å². The number of carboxylic acid groups (broad SMARTS) is 1. The van der Waals surface area contributed by atoms with Gasteiger partial charge in [0, 0.05) is 24.9 Å². The van der Waals surface area contributed by atoms with Crippen LogP contribution < -0.4 is 5.32 Å². The smallest absolute Gasteiger partial charge is 0.321 e. The van der Waals surface area contributed by atoms with Gasteiger partial charge in [0.15, 0.2) is 0 Å². The number of hydrogen-bond donors (Lipinski definition) is 2. The second kappa shape index (κ2) is 10.0. The summed E-state index contributed by atoms with van der Waals surface area (Å²) in [4.78, 5) is 27.8. The summed E-state index contributed by atoms with van der Waals surface area (Å²) in [6.45, 7) is 5.97. The molecule has 0 saturated heterocycles. The van der Waals surface area contributed by atoms with Crippen molar-refractivity contribution in [2.24, 2.45) is 5.92 Å². The lowest BCUT2D eigenvalue weighted by atomic mass is 9.99. The maximum Gasteiger partial charge on any atom is 0.321 e. The Balaban J connectivity index is 2.15. The summed E-state index contributed by atoms with van der Waals surface area (Å²) in [7, 11) is 0. The molecule has 0 saturated carbocycles. The highest BCUT2D eigenvalue weighted by atomic mass is 35.5. The van der Waals surface area contributed by atoms with Crippen LogP contribution in [0.25, 0.3) is 0 Å². The first-order chi connectivity index (χ1) is 13.2. The van der Waals surface area contributed by atoms with E-state index in [1.165, 1.54) is 6.92 Å². The average molecular weight is 426 g/mol. The number of nitrogens with one attached hydrogen (secondary N) is 1. The van der Waals surface area contributed by atoms with E-state index in [-0.39, 0.29) is 18.1 Å². The molecule has 0 aliphatic carbocycles. The van der Waals surface area contributed by atoms with Crippen molar-refractivity contribution in [2.45, 2.75) is 52.2 Å². The molecule has 1 heterocycles. The van der Waals surface area contributed by atoms with Crippen molar-refractivity contribution in [3.63, 3.8) is 0 Å². The summed E-state index contributed by atoms with van der Waals surface area (Å²) >= 11 is 12.0. The predicted molar refractivity (Wildman–Crippen MR) is 110 cm³/mol. The third-order valence-electron chi connectivity index (χ3n) is 4.45. The molecule has 0 aliphatic heterocycles. The molecule has 8 heteroatoms. The van der Waals surface area contributed by atoms with Gasteiger partial charge in [0.1, 0.15) is 11.8 Å². The monoisotopic (exact) mass is 425 g/mol. The molecule has 0 aliphatic rings. The van der Waals surface area contributed by atoms with E-state index in [9.17, 15) is 14.7 Å². The van der Waals surface area contributed by atoms with Crippen molar-refractivity contribution in [3.8, 4) is 0 Å². The molecule has 2 N–H and O–H groups in total. The van der Waals surface area contributed by atoms with E-state index in [1.807, 2.05) is 24.5 Å². The van der Waals surface area contributed by atoms with Crippen molar-refractivity contribution >= 4 is 35.0 Å². The van der Waals surface area contributed by atoms with Crippen LogP contribution in [0.2, 0.25) is 10.0 Å². The van der Waals surface area contributed by atoms with Crippen LogP contribution in [0, 0.1) is 5.92 Å². The number of nitrogens with zero attached hydrogens (tertiary/aromatic N) is 2. The summed E-state index contributed by atoms with van der Waals surface area (Å²) in [5, 5.41) is 13.6. The van der Waals surface area contributed by atoms with Crippen LogP contribution in [0.5, 0.6) is 0 Å². The molecular formula is C20H25Cl2N3O3. The van der Waals surface area contributed by atoms with Gasteiger partial charge in [0.05, 0.1) is 22.4 Å². The largest absolute Gasteiger partial charge is 0.480 e. The molecule has 0 bridgehead atoms. The minimum absolute atomic E-state index is 0.0655. The van der Waals surface area contributed by atoms with Crippen molar-refractivity contribution in [1.82, 2.24) is 14.9 Å².